The number of anilines is 1. The highest BCUT2D eigenvalue weighted by atomic mass is 16.5. The van der Waals surface area contributed by atoms with Gasteiger partial charge in [-0.25, -0.2) is 4.68 Å². The van der Waals surface area contributed by atoms with Crippen LogP contribution in [-0.2, 0) is 0 Å². The molecule has 0 bridgehead atoms. The zero-order chi connectivity index (χ0) is 13.4. The molecule has 0 radical (unpaired) electrons. The van der Waals surface area contributed by atoms with Gasteiger partial charge in [-0.1, -0.05) is 13.0 Å². The Bertz CT molecular complexity index is 588. The van der Waals surface area contributed by atoms with Crippen LogP contribution in [0.25, 0.3) is 11.4 Å². The average Bonchev–Trinajstić information content (AvgIpc) is 2.83. The normalized spacial score (nSPS) is 22.0. The highest BCUT2D eigenvalue weighted by Crippen LogP contribution is 2.40. The highest BCUT2D eigenvalue weighted by Gasteiger charge is 2.31. The predicted molar refractivity (Wildman–Crippen MR) is 71.7 cm³/mol. The van der Waals surface area contributed by atoms with Crippen molar-refractivity contribution in [1.29, 1.82) is 0 Å². The lowest BCUT2D eigenvalue weighted by Gasteiger charge is -2.32. The van der Waals surface area contributed by atoms with E-state index in [1.807, 2.05) is 22.9 Å². The Kier molecular flexibility index (Phi) is 2.85. The van der Waals surface area contributed by atoms with Crippen LogP contribution in [0.15, 0.2) is 18.2 Å². The van der Waals surface area contributed by atoms with Gasteiger partial charge in [0.15, 0.2) is 11.6 Å². The van der Waals surface area contributed by atoms with E-state index >= 15 is 0 Å². The Hall–Kier alpha value is -2.11. The van der Waals surface area contributed by atoms with Gasteiger partial charge >= 0.3 is 0 Å². The average molecular weight is 259 g/mol. The second kappa shape index (κ2) is 4.53. The zero-order valence-electron chi connectivity index (χ0n) is 11.1. The topological polar surface area (TPSA) is 78.8 Å². The number of methoxy groups -OCH3 is 1. The van der Waals surface area contributed by atoms with E-state index in [4.69, 9.17) is 10.5 Å². The summed E-state index contributed by atoms with van der Waals surface area (Å²) in [6, 6.07) is 6.00. The fraction of sp³-hybridized carbons (Fsp3) is 0.462. The lowest BCUT2D eigenvalue weighted by atomic mass is 9.82. The Morgan fingerprint density at radius 2 is 2.16 bits per heavy atom. The molecule has 0 saturated heterocycles. The van der Waals surface area contributed by atoms with Crippen LogP contribution in [0.4, 0.5) is 5.69 Å². The minimum atomic E-state index is 0.381. The molecule has 3 rings (SSSR count). The number of nitrogens with zero attached hydrogens (tertiary/aromatic N) is 4. The summed E-state index contributed by atoms with van der Waals surface area (Å²) >= 11 is 0. The van der Waals surface area contributed by atoms with Crippen molar-refractivity contribution in [2.24, 2.45) is 5.92 Å². The molecular weight excluding hydrogens is 242 g/mol. The van der Waals surface area contributed by atoms with E-state index < -0.39 is 0 Å². The second-order valence-electron chi connectivity index (χ2n) is 5.11. The molecule has 0 atom stereocenters. The molecule has 1 heterocycles. The molecule has 2 N–H and O–H groups in total. The predicted octanol–water partition coefficient (Wildman–Crippen LogP) is 1.90. The van der Waals surface area contributed by atoms with Crippen LogP contribution >= 0.6 is 0 Å². The maximum atomic E-state index is 5.93. The Morgan fingerprint density at radius 3 is 2.84 bits per heavy atom. The van der Waals surface area contributed by atoms with Crippen molar-refractivity contribution in [3.05, 3.63) is 18.2 Å². The molecule has 6 heteroatoms. The fourth-order valence-electron chi connectivity index (χ4n) is 2.64. The first kappa shape index (κ1) is 12.0. The summed E-state index contributed by atoms with van der Waals surface area (Å²) in [5.41, 5.74) is 7.36. The molecule has 1 fully saturated rings. The Labute approximate surface area is 111 Å². The lowest BCUT2D eigenvalue weighted by molar-refractivity contribution is 0.199. The van der Waals surface area contributed by atoms with Crippen molar-refractivity contribution in [2.75, 3.05) is 12.8 Å². The molecule has 100 valence electrons. The minimum absolute atomic E-state index is 0.381. The Morgan fingerprint density at radius 1 is 1.37 bits per heavy atom. The first-order valence-electron chi connectivity index (χ1n) is 6.41. The molecule has 19 heavy (non-hydrogen) atoms. The van der Waals surface area contributed by atoms with Gasteiger partial charge in [0.05, 0.1) is 24.4 Å². The van der Waals surface area contributed by atoms with Gasteiger partial charge in [-0.2, -0.15) is 0 Å². The molecule has 1 aliphatic rings. The van der Waals surface area contributed by atoms with E-state index in [0.29, 0.717) is 17.5 Å². The van der Waals surface area contributed by atoms with Gasteiger partial charge in [0, 0.05) is 0 Å². The summed E-state index contributed by atoms with van der Waals surface area (Å²) in [4.78, 5) is 0. The highest BCUT2D eigenvalue weighted by molar-refractivity contribution is 5.73. The van der Waals surface area contributed by atoms with Gasteiger partial charge in [-0.15, -0.1) is 5.10 Å². The number of rotatable bonds is 3. The maximum absolute atomic E-state index is 5.93. The summed E-state index contributed by atoms with van der Waals surface area (Å²) in [5.74, 6) is 2.09. The molecule has 6 nitrogen and oxygen atoms in total. The summed E-state index contributed by atoms with van der Waals surface area (Å²) in [6.07, 6.45) is 2.23. The number of hydrogen-bond donors (Lipinski definition) is 1. The SMILES string of the molecule is COc1c(N)cccc1-c1nnnn1C1CC(C)C1. The number of para-hydroxylation sites is 1. The first-order chi connectivity index (χ1) is 9.20. The van der Waals surface area contributed by atoms with Gasteiger partial charge in [-0.3, -0.25) is 0 Å². The summed E-state index contributed by atoms with van der Waals surface area (Å²) in [6.45, 7) is 2.24. The molecule has 1 aliphatic carbocycles. The molecule has 2 aromatic rings. The van der Waals surface area contributed by atoms with Gasteiger partial charge in [-0.05, 0) is 41.3 Å². The molecule has 0 amide bonds. The molecule has 0 unspecified atom stereocenters. The van der Waals surface area contributed by atoms with Crippen LogP contribution in [0.2, 0.25) is 0 Å². The standard InChI is InChI=1S/C13H17N5O/c1-8-6-9(7-8)18-13(15-16-17-18)10-4-3-5-11(14)12(10)19-2/h3-5,8-9H,6-7,14H2,1-2H3. The van der Waals surface area contributed by atoms with E-state index in [9.17, 15) is 0 Å². The number of benzene rings is 1. The first-order valence-corrected chi connectivity index (χ1v) is 6.41. The second-order valence-corrected chi connectivity index (χ2v) is 5.11. The largest absolute Gasteiger partial charge is 0.494 e. The number of hydrogen-bond acceptors (Lipinski definition) is 5. The number of aromatic nitrogens is 4. The van der Waals surface area contributed by atoms with Crippen molar-refractivity contribution in [3.63, 3.8) is 0 Å². The van der Waals surface area contributed by atoms with Crippen LogP contribution in [-0.4, -0.2) is 27.3 Å². The third-order valence-electron chi connectivity index (χ3n) is 3.68. The number of nitrogens with two attached hydrogens (primary N) is 1. The van der Waals surface area contributed by atoms with Crippen LogP contribution in [0.1, 0.15) is 25.8 Å². The van der Waals surface area contributed by atoms with E-state index in [1.165, 1.54) is 0 Å². The molecule has 1 aromatic carbocycles. The van der Waals surface area contributed by atoms with Crippen molar-refractivity contribution in [1.82, 2.24) is 20.2 Å². The van der Waals surface area contributed by atoms with Gasteiger partial charge < -0.3 is 10.5 Å². The van der Waals surface area contributed by atoms with E-state index in [-0.39, 0.29) is 0 Å². The maximum Gasteiger partial charge on any atom is 0.186 e. The van der Waals surface area contributed by atoms with Gasteiger partial charge in [0.25, 0.3) is 0 Å². The van der Waals surface area contributed by atoms with E-state index in [2.05, 4.69) is 22.4 Å². The third kappa shape index (κ3) is 1.93. The van der Waals surface area contributed by atoms with Crippen molar-refractivity contribution in [2.45, 2.75) is 25.8 Å². The minimum Gasteiger partial charge on any atom is -0.494 e. The summed E-state index contributed by atoms with van der Waals surface area (Å²) in [7, 11) is 1.61. The van der Waals surface area contributed by atoms with Gasteiger partial charge in [0.2, 0.25) is 0 Å². The molecule has 0 spiro atoms. The van der Waals surface area contributed by atoms with Crippen molar-refractivity contribution < 1.29 is 4.74 Å². The van der Waals surface area contributed by atoms with E-state index in [1.54, 1.807) is 7.11 Å². The zero-order valence-corrected chi connectivity index (χ0v) is 11.1. The lowest BCUT2D eigenvalue weighted by Crippen LogP contribution is -2.26. The molecular formula is C13H17N5O. The van der Waals surface area contributed by atoms with Gasteiger partial charge in [0.1, 0.15) is 0 Å². The molecule has 0 aliphatic heterocycles. The molecule has 1 aromatic heterocycles. The van der Waals surface area contributed by atoms with E-state index in [0.717, 1.165) is 30.1 Å². The monoisotopic (exact) mass is 259 g/mol. The third-order valence-corrected chi connectivity index (χ3v) is 3.68. The van der Waals surface area contributed by atoms with Crippen LogP contribution < -0.4 is 10.5 Å². The molecule has 1 saturated carbocycles. The summed E-state index contributed by atoms with van der Waals surface area (Å²) in [5, 5.41) is 12.0. The summed E-state index contributed by atoms with van der Waals surface area (Å²) < 4.78 is 7.26. The fourth-order valence-corrected chi connectivity index (χ4v) is 2.64. The smallest absolute Gasteiger partial charge is 0.186 e. The quantitative estimate of drug-likeness (QED) is 0.852. The van der Waals surface area contributed by atoms with Crippen molar-refractivity contribution in [3.8, 4) is 17.1 Å². The number of tetrazole rings is 1. The van der Waals surface area contributed by atoms with Crippen molar-refractivity contribution >= 4 is 5.69 Å². The van der Waals surface area contributed by atoms with Crippen LogP contribution in [0, 0.1) is 5.92 Å². The van der Waals surface area contributed by atoms with Crippen LogP contribution in [0.3, 0.4) is 0 Å². The Balaban J connectivity index is 2.03. The number of ether oxygens (including phenoxy) is 1. The number of nitrogen functional groups attached to an aromatic ring is 1. The van der Waals surface area contributed by atoms with Crippen LogP contribution in [0.5, 0.6) is 5.75 Å².